The van der Waals surface area contributed by atoms with Crippen LogP contribution in [0.1, 0.15) is 33.3 Å². The number of nitrogens with zero attached hydrogens (tertiary/aromatic N) is 2. The zero-order valence-electron chi connectivity index (χ0n) is 20.3. The smallest absolute Gasteiger partial charge is 0.244 e. The Kier molecular flexibility index (Phi) is 8.96. The van der Waals surface area contributed by atoms with Gasteiger partial charge in [-0.15, -0.1) is 0 Å². The first-order chi connectivity index (χ1) is 15.7. The Bertz CT molecular complexity index is 1130. The standard InChI is InChI=1S/C24H32ClN3O5S/c1-17(23(30)26-24(2,3)4)27(15-18-10-7-8-13-21(18)25)22(29)16-28(34(6,31)32)19-11-9-12-20(14-19)33-5/h7-14,17H,15-16H2,1-6H3,(H,26,30). The number of ether oxygens (including phenoxy) is 1. The van der Waals surface area contributed by atoms with Gasteiger partial charge in [-0.1, -0.05) is 35.9 Å². The molecule has 2 aromatic carbocycles. The summed E-state index contributed by atoms with van der Waals surface area (Å²) in [6, 6.07) is 12.5. The molecule has 1 unspecified atom stereocenters. The first-order valence-corrected chi connectivity index (χ1v) is 12.9. The van der Waals surface area contributed by atoms with Crippen LogP contribution in [0.2, 0.25) is 5.02 Å². The minimum Gasteiger partial charge on any atom is -0.497 e. The van der Waals surface area contributed by atoms with Crippen LogP contribution >= 0.6 is 11.6 Å². The van der Waals surface area contributed by atoms with E-state index in [0.717, 1.165) is 10.6 Å². The molecule has 0 aliphatic heterocycles. The van der Waals surface area contributed by atoms with Crippen molar-refractivity contribution in [2.75, 3.05) is 24.2 Å². The fourth-order valence-corrected chi connectivity index (χ4v) is 4.28. The van der Waals surface area contributed by atoms with Crippen molar-refractivity contribution in [2.45, 2.75) is 45.8 Å². The van der Waals surface area contributed by atoms with Crippen LogP contribution in [0, 0.1) is 0 Å². The maximum atomic E-state index is 13.5. The summed E-state index contributed by atoms with van der Waals surface area (Å²) in [5.74, 6) is -0.464. The molecule has 0 aliphatic rings. The monoisotopic (exact) mass is 509 g/mol. The molecule has 10 heteroatoms. The minimum atomic E-state index is -3.82. The number of nitrogens with one attached hydrogen (secondary N) is 1. The van der Waals surface area contributed by atoms with Gasteiger partial charge < -0.3 is 15.0 Å². The molecule has 2 aromatic rings. The molecule has 34 heavy (non-hydrogen) atoms. The summed E-state index contributed by atoms with van der Waals surface area (Å²) in [6.07, 6.45) is 1.02. The van der Waals surface area contributed by atoms with Gasteiger partial charge in [0.05, 0.1) is 19.1 Å². The van der Waals surface area contributed by atoms with Gasteiger partial charge in [0, 0.05) is 23.2 Å². The number of anilines is 1. The van der Waals surface area contributed by atoms with E-state index < -0.39 is 34.1 Å². The molecule has 0 bridgehead atoms. The molecule has 0 heterocycles. The van der Waals surface area contributed by atoms with Gasteiger partial charge in [-0.2, -0.15) is 0 Å². The normalized spacial score (nSPS) is 12.6. The minimum absolute atomic E-state index is 0.0347. The summed E-state index contributed by atoms with van der Waals surface area (Å²) in [5, 5.41) is 3.31. The fourth-order valence-electron chi connectivity index (χ4n) is 3.25. The first kappa shape index (κ1) is 27.5. The molecular formula is C24H32ClN3O5S. The average molecular weight is 510 g/mol. The van der Waals surface area contributed by atoms with Crippen LogP contribution in [0.4, 0.5) is 5.69 Å². The van der Waals surface area contributed by atoms with Crippen molar-refractivity contribution in [2.24, 2.45) is 0 Å². The van der Waals surface area contributed by atoms with Crippen molar-refractivity contribution < 1.29 is 22.7 Å². The second-order valence-corrected chi connectivity index (χ2v) is 11.3. The van der Waals surface area contributed by atoms with E-state index in [1.165, 1.54) is 18.1 Å². The Labute approximate surface area is 206 Å². The summed E-state index contributed by atoms with van der Waals surface area (Å²) in [4.78, 5) is 27.8. The second-order valence-electron chi connectivity index (χ2n) is 9.00. The molecule has 0 saturated heterocycles. The van der Waals surface area contributed by atoms with Gasteiger partial charge in [-0.05, 0) is 51.5 Å². The topological polar surface area (TPSA) is 96.0 Å². The number of hydrogen-bond acceptors (Lipinski definition) is 5. The van der Waals surface area contributed by atoms with E-state index in [2.05, 4.69) is 5.32 Å². The maximum Gasteiger partial charge on any atom is 0.244 e. The largest absolute Gasteiger partial charge is 0.497 e. The quantitative estimate of drug-likeness (QED) is 0.558. The molecule has 2 amide bonds. The predicted molar refractivity (Wildman–Crippen MR) is 135 cm³/mol. The molecule has 0 spiro atoms. The summed E-state index contributed by atoms with van der Waals surface area (Å²) in [6.45, 7) is 6.66. The van der Waals surface area contributed by atoms with Crippen molar-refractivity contribution in [1.82, 2.24) is 10.2 Å². The van der Waals surface area contributed by atoms with Crippen molar-refractivity contribution in [1.29, 1.82) is 0 Å². The lowest BCUT2D eigenvalue weighted by Gasteiger charge is -2.33. The van der Waals surface area contributed by atoms with Crippen LogP contribution in [0.5, 0.6) is 5.75 Å². The molecule has 0 fully saturated rings. The number of sulfonamides is 1. The van der Waals surface area contributed by atoms with Crippen molar-refractivity contribution in [3.05, 3.63) is 59.1 Å². The highest BCUT2D eigenvalue weighted by Crippen LogP contribution is 2.24. The number of amides is 2. The SMILES string of the molecule is COc1cccc(N(CC(=O)N(Cc2ccccc2Cl)C(C)C(=O)NC(C)(C)C)S(C)(=O)=O)c1. The van der Waals surface area contributed by atoms with Crippen LogP contribution in [-0.2, 0) is 26.2 Å². The zero-order chi connectivity index (χ0) is 25.7. The number of carbonyl (C=O) groups is 2. The van der Waals surface area contributed by atoms with Gasteiger partial charge in [-0.25, -0.2) is 8.42 Å². The molecule has 8 nitrogen and oxygen atoms in total. The van der Waals surface area contributed by atoms with Crippen molar-refractivity contribution >= 4 is 39.1 Å². The van der Waals surface area contributed by atoms with E-state index >= 15 is 0 Å². The van der Waals surface area contributed by atoms with E-state index in [1.807, 2.05) is 20.8 Å². The van der Waals surface area contributed by atoms with E-state index in [0.29, 0.717) is 16.3 Å². The lowest BCUT2D eigenvalue weighted by Crippen LogP contribution is -2.54. The average Bonchev–Trinajstić information content (AvgIpc) is 2.74. The Balaban J connectivity index is 2.43. The third kappa shape index (κ3) is 7.63. The highest BCUT2D eigenvalue weighted by atomic mass is 35.5. The Hall–Kier alpha value is -2.78. The molecule has 1 atom stereocenters. The number of carbonyl (C=O) groups excluding carboxylic acids is 2. The molecule has 0 aliphatic carbocycles. The molecule has 0 saturated carbocycles. The zero-order valence-corrected chi connectivity index (χ0v) is 21.9. The van der Waals surface area contributed by atoms with Gasteiger partial charge in [-0.3, -0.25) is 13.9 Å². The number of hydrogen-bond donors (Lipinski definition) is 1. The van der Waals surface area contributed by atoms with E-state index in [9.17, 15) is 18.0 Å². The predicted octanol–water partition coefficient (Wildman–Crippen LogP) is 3.45. The van der Waals surface area contributed by atoms with Gasteiger partial charge in [0.2, 0.25) is 21.8 Å². The van der Waals surface area contributed by atoms with Crippen LogP contribution in [0.15, 0.2) is 48.5 Å². The lowest BCUT2D eigenvalue weighted by molar-refractivity contribution is -0.140. The summed E-state index contributed by atoms with van der Waals surface area (Å²) in [7, 11) is -2.36. The summed E-state index contributed by atoms with van der Waals surface area (Å²) >= 11 is 6.31. The molecule has 0 aromatic heterocycles. The molecule has 186 valence electrons. The third-order valence-corrected chi connectivity index (χ3v) is 6.49. The van der Waals surface area contributed by atoms with Crippen molar-refractivity contribution in [3.63, 3.8) is 0 Å². The Morgan fingerprint density at radius 2 is 1.76 bits per heavy atom. The van der Waals surface area contributed by atoms with Crippen molar-refractivity contribution in [3.8, 4) is 5.75 Å². The molecule has 0 radical (unpaired) electrons. The fraction of sp³-hybridized carbons (Fsp3) is 0.417. The third-order valence-electron chi connectivity index (χ3n) is 4.98. The summed E-state index contributed by atoms with van der Waals surface area (Å²) < 4.78 is 31.4. The lowest BCUT2D eigenvalue weighted by atomic mass is 10.1. The van der Waals surface area contributed by atoms with Crippen LogP contribution < -0.4 is 14.4 Å². The van der Waals surface area contributed by atoms with Gasteiger partial charge >= 0.3 is 0 Å². The van der Waals surface area contributed by atoms with E-state index in [4.69, 9.17) is 16.3 Å². The Morgan fingerprint density at radius 1 is 1.12 bits per heavy atom. The number of rotatable bonds is 9. The van der Waals surface area contributed by atoms with Gasteiger partial charge in [0.25, 0.3) is 0 Å². The Morgan fingerprint density at radius 3 is 2.32 bits per heavy atom. The molecule has 1 N–H and O–H groups in total. The van der Waals surface area contributed by atoms with Crippen LogP contribution in [-0.4, -0.2) is 56.6 Å². The molecular weight excluding hydrogens is 478 g/mol. The summed E-state index contributed by atoms with van der Waals surface area (Å²) in [5.41, 5.74) is 0.406. The van der Waals surface area contributed by atoms with E-state index in [-0.39, 0.29) is 18.1 Å². The van der Waals surface area contributed by atoms with E-state index in [1.54, 1.807) is 49.4 Å². The number of methoxy groups -OCH3 is 1. The van der Waals surface area contributed by atoms with Gasteiger partial charge in [0.15, 0.2) is 0 Å². The number of benzene rings is 2. The number of halogens is 1. The van der Waals surface area contributed by atoms with Crippen LogP contribution in [0.25, 0.3) is 0 Å². The highest BCUT2D eigenvalue weighted by molar-refractivity contribution is 7.92. The van der Waals surface area contributed by atoms with Gasteiger partial charge in [0.1, 0.15) is 18.3 Å². The highest BCUT2D eigenvalue weighted by Gasteiger charge is 2.31. The second kappa shape index (κ2) is 11.1. The first-order valence-electron chi connectivity index (χ1n) is 10.7. The van der Waals surface area contributed by atoms with Crippen LogP contribution in [0.3, 0.4) is 0 Å². The molecule has 2 rings (SSSR count). The maximum absolute atomic E-state index is 13.5.